The average molecular weight is 378 g/mol. The molecule has 0 aliphatic carbocycles. The first-order valence-electron chi connectivity index (χ1n) is 9.53. The Labute approximate surface area is 162 Å². The number of ether oxygens (including phenoxy) is 1. The summed E-state index contributed by atoms with van der Waals surface area (Å²) in [5, 5.41) is 11.4. The summed E-state index contributed by atoms with van der Waals surface area (Å²) in [6, 6.07) is 12.0. The van der Waals surface area contributed by atoms with Crippen LogP contribution in [0.25, 0.3) is 5.65 Å². The van der Waals surface area contributed by atoms with Gasteiger partial charge in [-0.15, -0.1) is 5.10 Å². The lowest BCUT2D eigenvalue weighted by Gasteiger charge is -2.24. The summed E-state index contributed by atoms with van der Waals surface area (Å²) in [5.41, 5.74) is 3.43. The highest BCUT2D eigenvalue weighted by Crippen LogP contribution is 2.26. The van der Waals surface area contributed by atoms with Gasteiger partial charge < -0.3 is 20.3 Å². The molecule has 8 nitrogen and oxygen atoms in total. The molecule has 1 aromatic carbocycles. The minimum absolute atomic E-state index is 0.0660. The number of nitrogens with zero attached hydrogens (tertiary/aromatic N) is 4. The van der Waals surface area contributed by atoms with Crippen LogP contribution in [0.5, 0.6) is 0 Å². The first-order chi connectivity index (χ1) is 13.7. The van der Waals surface area contributed by atoms with E-state index in [1.165, 1.54) is 0 Å². The van der Waals surface area contributed by atoms with Crippen molar-refractivity contribution in [3.05, 3.63) is 47.5 Å². The lowest BCUT2D eigenvalue weighted by molar-refractivity contribution is 0.0816. The summed E-state index contributed by atoms with van der Waals surface area (Å²) in [6.07, 6.45) is 1.97. The van der Waals surface area contributed by atoms with Crippen LogP contribution in [0.1, 0.15) is 28.8 Å². The summed E-state index contributed by atoms with van der Waals surface area (Å²) < 4.78 is 7.25. The van der Waals surface area contributed by atoms with Gasteiger partial charge in [-0.25, -0.2) is 0 Å². The molecule has 3 aromatic rings. The molecule has 0 atom stereocenters. The van der Waals surface area contributed by atoms with Gasteiger partial charge in [0.05, 0.1) is 0 Å². The van der Waals surface area contributed by atoms with E-state index in [9.17, 15) is 4.79 Å². The number of anilines is 3. The molecule has 0 bridgehead atoms. The van der Waals surface area contributed by atoms with Crippen LogP contribution < -0.4 is 10.6 Å². The van der Waals surface area contributed by atoms with Crippen LogP contribution in [0.3, 0.4) is 0 Å². The zero-order valence-electron chi connectivity index (χ0n) is 15.7. The van der Waals surface area contributed by atoms with Crippen LogP contribution in [-0.4, -0.2) is 51.7 Å². The van der Waals surface area contributed by atoms with Crippen molar-refractivity contribution in [1.82, 2.24) is 19.5 Å². The maximum atomic E-state index is 12.0. The van der Waals surface area contributed by atoms with E-state index in [0.29, 0.717) is 18.5 Å². The molecule has 2 N–H and O–H groups in total. The topological polar surface area (TPSA) is 83.8 Å². The van der Waals surface area contributed by atoms with Gasteiger partial charge in [0.15, 0.2) is 5.65 Å². The average Bonchev–Trinajstić information content (AvgIpc) is 3.23. The number of carbonyl (C=O) groups is 1. The van der Waals surface area contributed by atoms with Crippen molar-refractivity contribution in [1.29, 1.82) is 0 Å². The van der Waals surface area contributed by atoms with Crippen LogP contribution in [0.15, 0.2) is 36.4 Å². The summed E-state index contributed by atoms with van der Waals surface area (Å²) in [4.78, 5) is 18.3. The molecule has 0 saturated carbocycles. The molecule has 144 valence electrons. The van der Waals surface area contributed by atoms with Gasteiger partial charge >= 0.3 is 0 Å². The van der Waals surface area contributed by atoms with E-state index in [-0.39, 0.29) is 5.91 Å². The molecule has 1 fully saturated rings. The van der Waals surface area contributed by atoms with E-state index >= 15 is 0 Å². The van der Waals surface area contributed by atoms with Gasteiger partial charge in [-0.1, -0.05) is 6.07 Å². The Bertz CT molecular complexity index is 1040. The number of nitrogens with one attached hydrogen (secondary N) is 2. The number of fused-ring (bicyclic) bond motifs is 2. The minimum atomic E-state index is 0.0660. The van der Waals surface area contributed by atoms with Crippen molar-refractivity contribution in [2.24, 2.45) is 0 Å². The minimum Gasteiger partial charge on any atom is -0.381 e. The Balaban J connectivity index is 1.39. The number of carbonyl (C=O) groups excluding carboxylic acids is 1. The first-order valence-corrected chi connectivity index (χ1v) is 9.53. The maximum Gasteiger partial charge on any atom is 0.254 e. The molecule has 4 heterocycles. The van der Waals surface area contributed by atoms with Gasteiger partial charge in [0, 0.05) is 44.1 Å². The third-order valence-electron chi connectivity index (χ3n) is 5.28. The Hall–Kier alpha value is -3.13. The lowest BCUT2D eigenvalue weighted by Crippen LogP contribution is -2.28. The first kappa shape index (κ1) is 17.0. The fraction of sp³-hybridized carbons (Fsp3) is 0.350. The highest BCUT2D eigenvalue weighted by atomic mass is 16.5. The molecule has 2 aliphatic rings. The molecule has 1 saturated heterocycles. The Morgan fingerprint density at radius 3 is 2.89 bits per heavy atom. The van der Waals surface area contributed by atoms with Crippen molar-refractivity contribution >= 4 is 29.0 Å². The molecule has 1 amide bonds. The van der Waals surface area contributed by atoms with E-state index < -0.39 is 0 Å². The molecule has 2 aliphatic heterocycles. The number of hydrogen-bond acceptors (Lipinski definition) is 6. The number of hydrogen-bond donors (Lipinski definition) is 2. The van der Waals surface area contributed by atoms with E-state index in [1.54, 1.807) is 4.90 Å². The predicted octanol–water partition coefficient (Wildman–Crippen LogP) is 2.65. The second-order valence-electron chi connectivity index (χ2n) is 7.31. The van der Waals surface area contributed by atoms with Crippen molar-refractivity contribution < 1.29 is 9.53 Å². The molecule has 28 heavy (non-hydrogen) atoms. The Morgan fingerprint density at radius 2 is 2.04 bits per heavy atom. The summed E-state index contributed by atoms with van der Waals surface area (Å²) >= 11 is 0. The number of aromatic nitrogens is 3. The zero-order valence-corrected chi connectivity index (χ0v) is 15.7. The van der Waals surface area contributed by atoms with E-state index in [1.807, 2.05) is 48.0 Å². The summed E-state index contributed by atoms with van der Waals surface area (Å²) in [5.74, 6) is 1.52. The zero-order chi connectivity index (χ0) is 19.1. The van der Waals surface area contributed by atoms with Crippen LogP contribution in [0, 0.1) is 0 Å². The van der Waals surface area contributed by atoms with E-state index in [2.05, 4.69) is 20.7 Å². The smallest absolute Gasteiger partial charge is 0.254 e. The number of pyridine rings is 1. The third kappa shape index (κ3) is 3.05. The monoisotopic (exact) mass is 378 g/mol. The number of amides is 1. The molecule has 0 spiro atoms. The molecule has 0 unspecified atom stereocenters. The van der Waals surface area contributed by atoms with Crippen LogP contribution in [-0.2, 0) is 11.3 Å². The van der Waals surface area contributed by atoms with Crippen LogP contribution in [0.2, 0.25) is 0 Å². The largest absolute Gasteiger partial charge is 0.381 e. The predicted molar refractivity (Wildman–Crippen MR) is 106 cm³/mol. The van der Waals surface area contributed by atoms with Gasteiger partial charge in [0.2, 0.25) is 5.95 Å². The maximum absolute atomic E-state index is 12.0. The molecule has 5 rings (SSSR count). The van der Waals surface area contributed by atoms with Gasteiger partial charge in [-0.3, -0.25) is 4.79 Å². The summed E-state index contributed by atoms with van der Waals surface area (Å²) in [7, 11) is 1.81. The van der Waals surface area contributed by atoms with Gasteiger partial charge in [-0.05, 0) is 48.7 Å². The van der Waals surface area contributed by atoms with Crippen LogP contribution in [0.4, 0.5) is 17.5 Å². The van der Waals surface area contributed by atoms with Crippen molar-refractivity contribution in [3.8, 4) is 0 Å². The highest BCUT2D eigenvalue weighted by Gasteiger charge is 2.24. The number of rotatable bonds is 4. The van der Waals surface area contributed by atoms with Gasteiger partial charge in [-0.2, -0.15) is 9.50 Å². The molecule has 8 heteroatoms. The summed E-state index contributed by atoms with van der Waals surface area (Å²) in [6.45, 7) is 2.20. The second-order valence-corrected chi connectivity index (χ2v) is 7.31. The molecular weight excluding hydrogens is 356 g/mol. The third-order valence-corrected chi connectivity index (χ3v) is 5.28. The lowest BCUT2D eigenvalue weighted by atomic mass is 10.1. The fourth-order valence-electron chi connectivity index (χ4n) is 3.79. The SMILES string of the molecule is CN1Cc2cc(Nc3nc4cccc(NC5CCOCC5)n4n3)ccc2C1=O. The Kier molecular flexibility index (Phi) is 4.12. The van der Waals surface area contributed by atoms with E-state index in [0.717, 1.165) is 54.3 Å². The fourth-order valence-corrected chi connectivity index (χ4v) is 3.79. The van der Waals surface area contributed by atoms with Crippen molar-refractivity contribution in [3.63, 3.8) is 0 Å². The normalized spacial score (nSPS) is 17.2. The highest BCUT2D eigenvalue weighted by molar-refractivity contribution is 5.98. The Morgan fingerprint density at radius 1 is 1.18 bits per heavy atom. The quantitative estimate of drug-likeness (QED) is 0.726. The van der Waals surface area contributed by atoms with Crippen LogP contribution >= 0.6 is 0 Å². The standard InChI is InChI=1S/C20H22N6O2/c1-25-12-13-11-15(5-6-16(13)19(25)27)22-20-23-18-4-2-3-17(26(18)24-20)21-14-7-9-28-10-8-14/h2-6,11,14,21H,7-10,12H2,1H3,(H,22,24). The van der Waals surface area contributed by atoms with Crippen molar-refractivity contribution in [2.75, 3.05) is 30.9 Å². The van der Waals surface area contributed by atoms with Gasteiger partial charge in [0.1, 0.15) is 5.82 Å². The molecule has 0 radical (unpaired) electrons. The van der Waals surface area contributed by atoms with Crippen molar-refractivity contribution in [2.45, 2.75) is 25.4 Å². The second kappa shape index (κ2) is 6.79. The number of benzene rings is 1. The molecule has 2 aromatic heterocycles. The van der Waals surface area contributed by atoms with Gasteiger partial charge in [0.25, 0.3) is 5.91 Å². The van der Waals surface area contributed by atoms with E-state index in [4.69, 9.17) is 4.74 Å². The molecular formula is C20H22N6O2.